The number of aromatic nitrogens is 1. The second kappa shape index (κ2) is 4.71. The third-order valence-corrected chi connectivity index (χ3v) is 4.74. The fourth-order valence-electron chi connectivity index (χ4n) is 3.19. The van der Waals surface area contributed by atoms with Crippen LogP contribution in [0.4, 0.5) is 0 Å². The molecule has 1 N–H and O–H groups in total. The van der Waals surface area contributed by atoms with E-state index < -0.39 is 0 Å². The first-order valence-corrected chi connectivity index (χ1v) is 7.43. The lowest BCUT2D eigenvalue weighted by Crippen LogP contribution is -2.26. The van der Waals surface area contributed by atoms with Crippen LogP contribution < -0.4 is 5.32 Å². The highest BCUT2D eigenvalue weighted by Crippen LogP contribution is 2.36. The second-order valence-electron chi connectivity index (χ2n) is 5.24. The van der Waals surface area contributed by atoms with Crippen LogP contribution in [0.5, 0.6) is 0 Å². The Labute approximate surface area is 116 Å². The van der Waals surface area contributed by atoms with Crippen molar-refractivity contribution in [2.24, 2.45) is 7.05 Å². The Morgan fingerprint density at radius 1 is 1.28 bits per heavy atom. The molecule has 1 fully saturated rings. The Bertz CT molecular complexity index is 580. The average Bonchev–Trinajstić information content (AvgIpc) is 2.64. The summed E-state index contributed by atoms with van der Waals surface area (Å²) >= 11 is 3.57. The monoisotopic (exact) mass is 306 g/mol. The standard InChI is InChI=1S/C15H19BrN2/c1-10-15(11-5-7-17-8-6-11)13-4-3-12(16)9-14(13)18(10)2/h3-4,9,11,17H,5-8H2,1-2H3. The van der Waals surface area contributed by atoms with Gasteiger partial charge in [0, 0.05) is 28.1 Å². The molecule has 0 bridgehead atoms. The molecule has 0 amide bonds. The zero-order chi connectivity index (χ0) is 12.7. The summed E-state index contributed by atoms with van der Waals surface area (Å²) in [7, 11) is 2.18. The fraction of sp³-hybridized carbons (Fsp3) is 0.467. The fourth-order valence-corrected chi connectivity index (χ4v) is 3.54. The summed E-state index contributed by atoms with van der Waals surface area (Å²) in [5, 5.41) is 4.89. The second-order valence-corrected chi connectivity index (χ2v) is 6.16. The van der Waals surface area contributed by atoms with Crippen LogP contribution in [0.1, 0.15) is 30.0 Å². The molecule has 0 saturated carbocycles. The van der Waals surface area contributed by atoms with Crippen molar-refractivity contribution in [2.75, 3.05) is 13.1 Å². The summed E-state index contributed by atoms with van der Waals surface area (Å²) in [6, 6.07) is 6.66. The molecule has 2 aromatic rings. The van der Waals surface area contributed by atoms with E-state index in [1.54, 1.807) is 5.56 Å². The predicted molar refractivity (Wildman–Crippen MR) is 80.2 cm³/mol. The van der Waals surface area contributed by atoms with Crippen LogP contribution in [0.2, 0.25) is 0 Å². The van der Waals surface area contributed by atoms with Gasteiger partial charge >= 0.3 is 0 Å². The SMILES string of the molecule is Cc1c(C2CCNCC2)c2ccc(Br)cc2n1C. The molecule has 2 nitrogen and oxygen atoms in total. The quantitative estimate of drug-likeness (QED) is 0.850. The summed E-state index contributed by atoms with van der Waals surface area (Å²) in [4.78, 5) is 0. The number of benzene rings is 1. The molecule has 0 aliphatic carbocycles. The highest BCUT2D eigenvalue weighted by molar-refractivity contribution is 9.10. The molecule has 0 unspecified atom stereocenters. The smallest absolute Gasteiger partial charge is 0.0494 e. The van der Waals surface area contributed by atoms with Crippen molar-refractivity contribution < 1.29 is 0 Å². The van der Waals surface area contributed by atoms with Gasteiger partial charge in [-0.05, 0) is 56.5 Å². The maximum atomic E-state index is 3.57. The van der Waals surface area contributed by atoms with Crippen LogP contribution in [-0.2, 0) is 7.05 Å². The van der Waals surface area contributed by atoms with Crippen molar-refractivity contribution in [3.63, 3.8) is 0 Å². The number of aryl methyl sites for hydroxylation is 1. The lowest BCUT2D eigenvalue weighted by molar-refractivity contribution is 0.460. The van der Waals surface area contributed by atoms with Crippen molar-refractivity contribution in [3.05, 3.63) is 33.9 Å². The first-order valence-electron chi connectivity index (χ1n) is 6.63. The minimum absolute atomic E-state index is 0.719. The Morgan fingerprint density at radius 3 is 2.72 bits per heavy atom. The summed E-state index contributed by atoms with van der Waals surface area (Å²) in [6.07, 6.45) is 2.52. The third-order valence-electron chi connectivity index (χ3n) is 4.25. The van der Waals surface area contributed by atoms with Gasteiger partial charge in [-0.3, -0.25) is 0 Å². The van der Waals surface area contributed by atoms with Crippen LogP contribution >= 0.6 is 15.9 Å². The summed E-state index contributed by atoms with van der Waals surface area (Å²) in [6.45, 7) is 4.55. The highest BCUT2D eigenvalue weighted by Gasteiger charge is 2.22. The van der Waals surface area contributed by atoms with Gasteiger partial charge in [-0.25, -0.2) is 0 Å². The van der Waals surface area contributed by atoms with E-state index in [9.17, 15) is 0 Å². The lowest BCUT2D eigenvalue weighted by atomic mass is 9.88. The molecule has 3 heteroatoms. The Morgan fingerprint density at radius 2 is 2.00 bits per heavy atom. The molecule has 3 rings (SSSR count). The van der Waals surface area contributed by atoms with Gasteiger partial charge in [-0.1, -0.05) is 22.0 Å². The van der Waals surface area contributed by atoms with Crippen LogP contribution in [0.15, 0.2) is 22.7 Å². The number of nitrogens with zero attached hydrogens (tertiary/aromatic N) is 1. The average molecular weight is 307 g/mol. The Kier molecular flexibility index (Phi) is 3.20. The van der Waals surface area contributed by atoms with Crippen LogP contribution in [0, 0.1) is 6.92 Å². The molecule has 0 atom stereocenters. The van der Waals surface area contributed by atoms with Crippen LogP contribution in [0.3, 0.4) is 0 Å². The zero-order valence-electron chi connectivity index (χ0n) is 11.0. The van der Waals surface area contributed by atoms with Gasteiger partial charge in [-0.15, -0.1) is 0 Å². The number of piperidine rings is 1. The molecule has 96 valence electrons. The number of fused-ring (bicyclic) bond motifs is 1. The number of hydrogen-bond donors (Lipinski definition) is 1. The molecule has 1 aromatic heterocycles. The van der Waals surface area contributed by atoms with Crippen molar-refractivity contribution in [1.29, 1.82) is 0 Å². The van der Waals surface area contributed by atoms with Crippen molar-refractivity contribution in [3.8, 4) is 0 Å². The van der Waals surface area contributed by atoms with E-state index >= 15 is 0 Å². The van der Waals surface area contributed by atoms with E-state index in [1.165, 1.54) is 29.4 Å². The number of nitrogens with one attached hydrogen (secondary N) is 1. The first kappa shape index (κ1) is 12.2. The van der Waals surface area contributed by atoms with E-state index in [1.807, 2.05) is 0 Å². The summed E-state index contributed by atoms with van der Waals surface area (Å²) < 4.78 is 3.49. The maximum Gasteiger partial charge on any atom is 0.0494 e. The van der Waals surface area contributed by atoms with Gasteiger partial charge in [-0.2, -0.15) is 0 Å². The Hall–Kier alpha value is -0.800. The van der Waals surface area contributed by atoms with Crippen molar-refractivity contribution in [2.45, 2.75) is 25.7 Å². The summed E-state index contributed by atoms with van der Waals surface area (Å²) in [5.41, 5.74) is 4.34. The number of hydrogen-bond acceptors (Lipinski definition) is 1. The number of halogens is 1. The molecule has 2 heterocycles. The van der Waals surface area contributed by atoms with E-state index in [2.05, 4.69) is 58.0 Å². The predicted octanol–water partition coefficient (Wildman–Crippen LogP) is 3.72. The molecule has 1 aliphatic heterocycles. The first-order chi connectivity index (χ1) is 8.68. The van der Waals surface area contributed by atoms with Gasteiger partial charge in [0.1, 0.15) is 0 Å². The van der Waals surface area contributed by atoms with E-state index in [0.29, 0.717) is 0 Å². The van der Waals surface area contributed by atoms with Gasteiger partial charge < -0.3 is 9.88 Å². The van der Waals surface area contributed by atoms with Crippen molar-refractivity contribution >= 4 is 26.8 Å². The third kappa shape index (κ3) is 1.90. The maximum absolute atomic E-state index is 3.57. The Balaban J connectivity index is 2.18. The zero-order valence-corrected chi connectivity index (χ0v) is 12.5. The summed E-state index contributed by atoms with van der Waals surface area (Å²) in [5.74, 6) is 0.719. The molecule has 0 spiro atoms. The number of rotatable bonds is 1. The molecule has 18 heavy (non-hydrogen) atoms. The largest absolute Gasteiger partial charge is 0.348 e. The molecule has 1 aromatic carbocycles. The van der Waals surface area contributed by atoms with Gasteiger partial charge in [0.2, 0.25) is 0 Å². The minimum atomic E-state index is 0.719. The van der Waals surface area contributed by atoms with Crippen LogP contribution in [-0.4, -0.2) is 17.7 Å². The van der Waals surface area contributed by atoms with E-state index in [-0.39, 0.29) is 0 Å². The normalized spacial score (nSPS) is 17.5. The highest BCUT2D eigenvalue weighted by atomic mass is 79.9. The van der Waals surface area contributed by atoms with Gasteiger partial charge in [0.25, 0.3) is 0 Å². The van der Waals surface area contributed by atoms with Crippen molar-refractivity contribution in [1.82, 2.24) is 9.88 Å². The molecular weight excluding hydrogens is 288 g/mol. The topological polar surface area (TPSA) is 17.0 Å². The van der Waals surface area contributed by atoms with Crippen LogP contribution in [0.25, 0.3) is 10.9 Å². The van der Waals surface area contributed by atoms with Gasteiger partial charge in [0.15, 0.2) is 0 Å². The molecular formula is C15H19BrN2. The molecule has 1 aliphatic rings. The van der Waals surface area contributed by atoms with E-state index in [0.717, 1.165) is 23.5 Å². The molecule has 1 saturated heterocycles. The molecule has 0 radical (unpaired) electrons. The lowest BCUT2D eigenvalue weighted by Gasteiger charge is -2.23. The minimum Gasteiger partial charge on any atom is -0.348 e. The van der Waals surface area contributed by atoms with E-state index in [4.69, 9.17) is 0 Å². The van der Waals surface area contributed by atoms with Gasteiger partial charge in [0.05, 0.1) is 0 Å².